The first-order valence-electron chi connectivity index (χ1n) is 7.23. The molecule has 2 atom stereocenters. The first-order chi connectivity index (χ1) is 8.69. The van der Waals surface area contributed by atoms with Gasteiger partial charge in [-0.3, -0.25) is 0 Å². The maximum absolute atomic E-state index is 6.32. The van der Waals surface area contributed by atoms with Gasteiger partial charge in [0, 0.05) is 19.1 Å². The lowest BCUT2D eigenvalue weighted by Gasteiger charge is -2.21. The van der Waals surface area contributed by atoms with Gasteiger partial charge in [0.1, 0.15) is 0 Å². The minimum absolute atomic E-state index is 0.158. The van der Waals surface area contributed by atoms with Crippen molar-refractivity contribution in [2.24, 2.45) is 11.7 Å². The van der Waals surface area contributed by atoms with E-state index in [2.05, 4.69) is 43.0 Å². The molecule has 0 aromatic heterocycles. The van der Waals surface area contributed by atoms with Crippen LogP contribution in [0.2, 0.25) is 0 Å². The lowest BCUT2D eigenvalue weighted by atomic mass is 10.0. The summed E-state index contributed by atoms with van der Waals surface area (Å²) >= 11 is 0. The molecule has 0 aliphatic carbocycles. The predicted molar refractivity (Wildman–Crippen MR) is 77.6 cm³/mol. The molecule has 1 fully saturated rings. The fraction of sp³-hybridized carbons (Fsp3) is 0.625. The average molecular weight is 246 g/mol. The topological polar surface area (TPSA) is 29.3 Å². The number of benzene rings is 1. The highest BCUT2D eigenvalue weighted by atomic mass is 15.2. The van der Waals surface area contributed by atoms with Crippen LogP contribution in [0, 0.1) is 12.8 Å². The Labute approximate surface area is 111 Å². The molecule has 100 valence electrons. The van der Waals surface area contributed by atoms with Gasteiger partial charge >= 0.3 is 0 Å². The highest BCUT2D eigenvalue weighted by Gasteiger charge is 2.23. The molecule has 1 aliphatic heterocycles. The molecule has 0 bridgehead atoms. The van der Waals surface area contributed by atoms with Crippen LogP contribution in [-0.4, -0.2) is 24.5 Å². The van der Waals surface area contributed by atoms with Crippen molar-refractivity contribution in [1.29, 1.82) is 0 Å². The molecule has 2 N–H and O–H groups in total. The Morgan fingerprint density at radius 3 is 3.00 bits per heavy atom. The van der Waals surface area contributed by atoms with Crippen molar-refractivity contribution >= 4 is 0 Å². The van der Waals surface area contributed by atoms with Crippen molar-refractivity contribution in [3.63, 3.8) is 0 Å². The Bertz CT molecular complexity index is 375. The highest BCUT2D eigenvalue weighted by Crippen LogP contribution is 2.23. The van der Waals surface area contributed by atoms with Crippen LogP contribution in [-0.2, 0) is 0 Å². The van der Waals surface area contributed by atoms with Crippen molar-refractivity contribution < 1.29 is 0 Å². The Hall–Kier alpha value is -0.860. The summed E-state index contributed by atoms with van der Waals surface area (Å²) in [5, 5.41) is 0. The lowest BCUT2D eigenvalue weighted by Crippen LogP contribution is -2.30. The van der Waals surface area contributed by atoms with E-state index in [0.29, 0.717) is 0 Å². The molecule has 2 heteroatoms. The molecule has 2 rings (SSSR count). The van der Waals surface area contributed by atoms with E-state index in [4.69, 9.17) is 5.73 Å². The van der Waals surface area contributed by atoms with Gasteiger partial charge in [0.15, 0.2) is 0 Å². The van der Waals surface area contributed by atoms with Crippen LogP contribution in [0.25, 0.3) is 0 Å². The van der Waals surface area contributed by atoms with E-state index in [-0.39, 0.29) is 6.04 Å². The van der Waals surface area contributed by atoms with Gasteiger partial charge in [0.05, 0.1) is 0 Å². The highest BCUT2D eigenvalue weighted by molar-refractivity contribution is 5.25. The quantitative estimate of drug-likeness (QED) is 0.865. The minimum atomic E-state index is 0.158. The number of hydrogen-bond acceptors (Lipinski definition) is 2. The average Bonchev–Trinajstić information content (AvgIpc) is 2.77. The Morgan fingerprint density at radius 2 is 2.28 bits per heavy atom. The van der Waals surface area contributed by atoms with E-state index in [9.17, 15) is 0 Å². The maximum Gasteiger partial charge on any atom is 0.0424 e. The van der Waals surface area contributed by atoms with Crippen molar-refractivity contribution in [2.75, 3.05) is 19.6 Å². The normalized spacial score (nSPS) is 22.3. The third-order valence-electron chi connectivity index (χ3n) is 3.99. The molecule has 0 spiro atoms. The molecule has 1 saturated heterocycles. The zero-order chi connectivity index (χ0) is 13.0. The van der Waals surface area contributed by atoms with E-state index in [0.717, 1.165) is 12.5 Å². The SMILES string of the molecule is CCCC1CCN(CC(N)c2cccc(C)c2)C1. The molecule has 0 saturated carbocycles. The summed E-state index contributed by atoms with van der Waals surface area (Å²) in [6, 6.07) is 8.75. The van der Waals surface area contributed by atoms with Crippen LogP contribution >= 0.6 is 0 Å². The van der Waals surface area contributed by atoms with E-state index >= 15 is 0 Å². The molecule has 1 aromatic rings. The third kappa shape index (κ3) is 3.56. The molecule has 1 aromatic carbocycles. The number of rotatable bonds is 5. The molecule has 1 aliphatic rings. The summed E-state index contributed by atoms with van der Waals surface area (Å²) in [6.07, 6.45) is 4.03. The zero-order valence-corrected chi connectivity index (χ0v) is 11.7. The smallest absolute Gasteiger partial charge is 0.0424 e. The van der Waals surface area contributed by atoms with Gasteiger partial charge in [-0.1, -0.05) is 43.2 Å². The van der Waals surface area contributed by atoms with E-state index in [1.54, 1.807) is 0 Å². The van der Waals surface area contributed by atoms with Gasteiger partial charge in [-0.05, 0) is 37.8 Å². The molecular weight excluding hydrogens is 220 g/mol. The molecule has 2 nitrogen and oxygen atoms in total. The number of nitrogens with zero attached hydrogens (tertiary/aromatic N) is 1. The number of aryl methyl sites for hydroxylation is 1. The largest absolute Gasteiger partial charge is 0.323 e. The predicted octanol–water partition coefficient (Wildman–Crippen LogP) is 3.12. The first-order valence-corrected chi connectivity index (χ1v) is 7.23. The van der Waals surface area contributed by atoms with Crippen molar-refractivity contribution in [3.8, 4) is 0 Å². The van der Waals surface area contributed by atoms with Gasteiger partial charge in [-0.15, -0.1) is 0 Å². The van der Waals surface area contributed by atoms with Crippen molar-refractivity contribution in [1.82, 2.24) is 4.90 Å². The molecule has 0 radical (unpaired) electrons. The fourth-order valence-corrected chi connectivity index (χ4v) is 3.01. The first kappa shape index (κ1) is 13.6. The Kier molecular flexibility index (Phi) is 4.79. The van der Waals surface area contributed by atoms with Crippen LogP contribution in [0.4, 0.5) is 0 Å². The summed E-state index contributed by atoms with van der Waals surface area (Å²) in [4.78, 5) is 2.54. The van der Waals surface area contributed by atoms with E-state index < -0.39 is 0 Å². The fourth-order valence-electron chi connectivity index (χ4n) is 3.01. The number of likely N-dealkylation sites (tertiary alicyclic amines) is 1. The van der Waals surface area contributed by atoms with Crippen LogP contribution in [0.1, 0.15) is 43.4 Å². The lowest BCUT2D eigenvalue weighted by molar-refractivity contribution is 0.300. The molecule has 1 heterocycles. The summed E-state index contributed by atoms with van der Waals surface area (Å²) in [5.74, 6) is 0.903. The van der Waals surface area contributed by atoms with Crippen LogP contribution in [0.5, 0.6) is 0 Å². The Balaban J connectivity index is 1.86. The second-order valence-electron chi connectivity index (χ2n) is 5.72. The van der Waals surface area contributed by atoms with Gasteiger partial charge < -0.3 is 10.6 Å². The molecular formula is C16H26N2. The van der Waals surface area contributed by atoms with Gasteiger partial charge in [0.25, 0.3) is 0 Å². The number of hydrogen-bond donors (Lipinski definition) is 1. The summed E-state index contributed by atoms with van der Waals surface area (Å²) in [6.45, 7) is 7.88. The van der Waals surface area contributed by atoms with Crippen LogP contribution in [0.3, 0.4) is 0 Å². The van der Waals surface area contributed by atoms with Gasteiger partial charge in [-0.25, -0.2) is 0 Å². The standard InChI is InChI=1S/C16H26N2/c1-3-5-14-8-9-18(11-14)12-16(17)15-7-4-6-13(2)10-15/h4,6-7,10,14,16H,3,5,8-9,11-12,17H2,1-2H3. The molecule has 0 amide bonds. The van der Waals surface area contributed by atoms with E-state index in [1.807, 2.05) is 0 Å². The summed E-state index contributed by atoms with van der Waals surface area (Å²) in [7, 11) is 0. The zero-order valence-electron chi connectivity index (χ0n) is 11.7. The Morgan fingerprint density at radius 1 is 1.44 bits per heavy atom. The second-order valence-corrected chi connectivity index (χ2v) is 5.72. The summed E-state index contributed by atoms with van der Waals surface area (Å²) in [5.41, 5.74) is 8.89. The minimum Gasteiger partial charge on any atom is -0.323 e. The molecule has 2 unspecified atom stereocenters. The van der Waals surface area contributed by atoms with Gasteiger partial charge in [0.2, 0.25) is 0 Å². The number of nitrogens with two attached hydrogens (primary N) is 1. The van der Waals surface area contributed by atoms with E-state index in [1.165, 1.54) is 43.5 Å². The van der Waals surface area contributed by atoms with Crippen molar-refractivity contribution in [2.45, 2.75) is 39.2 Å². The van der Waals surface area contributed by atoms with Crippen LogP contribution in [0.15, 0.2) is 24.3 Å². The van der Waals surface area contributed by atoms with Crippen molar-refractivity contribution in [3.05, 3.63) is 35.4 Å². The second kappa shape index (κ2) is 6.35. The molecule has 18 heavy (non-hydrogen) atoms. The third-order valence-corrected chi connectivity index (χ3v) is 3.99. The van der Waals surface area contributed by atoms with Crippen LogP contribution < -0.4 is 5.73 Å². The van der Waals surface area contributed by atoms with Gasteiger partial charge in [-0.2, -0.15) is 0 Å². The monoisotopic (exact) mass is 246 g/mol. The summed E-state index contributed by atoms with van der Waals surface area (Å²) < 4.78 is 0. The maximum atomic E-state index is 6.32.